The molecule has 2 N–H and O–H groups in total. The van der Waals surface area contributed by atoms with Crippen molar-refractivity contribution in [3.8, 4) is 0 Å². The topological polar surface area (TPSA) is 116 Å². The van der Waals surface area contributed by atoms with E-state index in [4.69, 9.17) is 4.74 Å². The van der Waals surface area contributed by atoms with Gasteiger partial charge in [-0.15, -0.1) is 6.58 Å². The van der Waals surface area contributed by atoms with E-state index in [1.165, 1.54) is 6.08 Å². The van der Waals surface area contributed by atoms with Gasteiger partial charge in [0.1, 0.15) is 11.7 Å². The first-order valence-electron chi connectivity index (χ1n) is 11.7. The maximum absolute atomic E-state index is 13.3. The van der Waals surface area contributed by atoms with E-state index in [1.54, 1.807) is 17.5 Å². The summed E-state index contributed by atoms with van der Waals surface area (Å²) in [6.07, 6.45) is 2.30. The van der Waals surface area contributed by atoms with E-state index in [-0.39, 0.29) is 18.6 Å². The van der Waals surface area contributed by atoms with Crippen molar-refractivity contribution in [1.82, 2.24) is 25.1 Å². The number of halogens is 3. The minimum atomic E-state index is -4.87. The fourth-order valence-corrected chi connectivity index (χ4v) is 4.50. The highest BCUT2D eigenvalue weighted by molar-refractivity contribution is 5.83. The zero-order valence-electron chi connectivity index (χ0n) is 19.8. The minimum absolute atomic E-state index is 0.0811. The first-order valence-corrected chi connectivity index (χ1v) is 11.7. The van der Waals surface area contributed by atoms with Gasteiger partial charge in [-0.25, -0.2) is 15.1 Å². The van der Waals surface area contributed by atoms with E-state index in [2.05, 4.69) is 31.9 Å². The maximum Gasteiger partial charge on any atom is 0.423 e. The third-order valence-corrected chi connectivity index (χ3v) is 6.39. The fraction of sp³-hybridized carbons (Fsp3) is 0.522. The summed E-state index contributed by atoms with van der Waals surface area (Å²) in [5, 5.41) is 7.82. The molecule has 0 aromatic carbocycles. The number of rotatable bonds is 8. The summed E-state index contributed by atoms with van der Waals surface area (Å²) >= 11 is 0. The number of anilines is 2. The Morgan fingerprint density at radius 1 is 1.19 bits per heavy atom. The Balaban J connectivity index is 1.30. The van der Waals surface area contributed by atoms with Gasteiger partial charge in [0.25, 0.3) is 11.5 Å². The number of amides is 1. The molecule has 2 aromatic heterocycles. The van der Waals surface area contributed by atoms with Crippen LogP contribution in [0.5, 0.6) is 0 Å². The highest BCUT2D eigenvalue weighted by Crippen LogP contribution is 2.32. The monoisotopic (exact) mass is 507 g/mol. The van der Waals surface area contributed by atoms with E-state index in [0.717, 1.165) is 37.7 Å². The van der Waals surface area contributed by atoms with E-state index < -0.39 is 35.1 Å². The lowest BCUT2D eigenvalue weighted by Crippen LogP contribution is -2.47. The second-order valence-corrected chi connectivity index (χ2v) is 8.89. The summed E-state index contributed by atoms with van der Waals surface area (Å²) in [4.78, 5) is 37.3. The molecule has 13 heteroatoms. The Labute approximate surface area is 205 Å². The summed E-state index contributed by atoms with van der Waals surface area (Å²) < 4.78 is 45.7. The summed E-state index contributed by atoms with van der Waals surface area (Å²) in [5.41, 5.74) is -2.22. The van der Waals surface area contributed by atoms with Gasteiger partial charge in [0, 0.05) is 44.5 Å². The largest absolute Gasteiger partial charge is 0.423 e. The quantitative estimate of drug-likeness (QED) is 0.522. The van der Waals surface area contributed by atoms with Crippen LogP contribution in [0, 0.1) is 6.92 Å². The Bertz CT molecular complexity index is 1130. The molecule has 2 aliphatic rings. The molecule has 4 rings (SSSR count). The Hall–Kier alpha value is -3.48. The van der Waals surface area contributed by atoms with Crippen LogP contribution in [0.2, 0.25) is 0 Å². The number of aromatic amines is 1. The molecule has 2 saturated heterocycles. The number of nitrogens with zero attached hydrogens (tertiary/aromatic N) is 5. The standard InChI is InChI=1S/C23H28F3N7O3/c1-3-15(30-17-12-29-31-20(34)19(17)23(24,25)26)13-36-18-6-9-33(21(18)35)16-4-7-32(8-5-16)22-27-10-14(2)11-28-22/h3,10-12,15-16,18H,1,4-9,13H2,2H3,(H2,30,31,34)/t15-,18?/m0/s1. The predicted molar refractivity (Wildman–Crippen MR) is 126 cm³/mol. The number of nitrogens with one attached hydrogen (secondary N) is 2. The van der Waals surface area contributed by atoms with E-state index in [9.17, 15) is 22.8 Å². The number of carbonyl (C=O) groups excluding carboxylic acids is 1. The zero-order chi connectivity index (χ0) is 25.9. The van der Waals surface area contributed by atoms with Crippen LogP contribution < -0.4 is 15.8 Å². The van der Waals surface area contributed by atoms with Crippen molar-refractivity contribution in [2.75, 3.05) is 36.5 Å². The van der Waals surface area contributed by atoms with Crippen LogP contribution in [-0.4, -0.2) is 75.4 Å². The number of aromatic nitrogens is 4. The maximum atomic E-state index is 13.3. The molecule has 0 spiro atoms. The van der Waals surface area contributed by atoms with Crippen LogP contribution in [0.4, 0.5) is 24.8 Å². The fourth-order valence-electron chi connectivity index (χ4n) is 4.50. The lowest BCUT2D eigenvalue weighted by Gasteiger charge is -2.36. The van der Waals surface area contributed by atoms with E-state index in [1.807, 2.05) is 11.8 Å². The third-order valence-electron chi connectivity index (χ3n) is 6.39. The lowest BCUT2D eigenvalue weighted by molar-refractivity contribution is -0.139. The Morgan fingerprint density at radius 3 is 2.53 bits per heavy atom. The number of carbonyl (C=O) groups is 1. The van der Waals surface area contributed by atoms with Gasteiger partial charge in [-0.3, -0.25) is 9.59 Å². The second kappa shape index (κ2) is 10.6. The van der Waals surface area contributed by atoms with Gasteiger partial charge in [-0.05, 0) is 25.3 Å². The van der Waals surface area contributed by atoms with Crippen LogP contribution in [0.15, 0.2) is 36.0 Å². The molecule has 0 aliphatic carbocycles. The summed E-state index contributed by atoms with van der Waals surface area (Å²) in [7, 11) is 0. The number of H-pyrrole nitrogens is 1. The molecular weight excluding hydrogens is 479 g/mol. The molecule has 1 amide bonds. The average molecular weight is 508 g/mol. The van der Waals surface area contributed by atoms with E-state index in [0.29, 0.717) is 18.9 Å². The van der Waals surface area contributed by atoms with Crippen molar-refractivity contribution in [2.24, 2.45) is 0 Å². The number of hydrogen-bond acceptors (Lipinski definition) is 8. The first-order chi connectivity index (χ1) is 17.2. The molecule has 2 aromatic rings. The third kappa shape index (κ3) is 5.66. The SMILES string of the molecule is C=C[C@@H](COC1CCN(C2CCN(c3ncc(C)cn3)CC2)C1=O)Nc1cn[nH]c(=O)c1C(F)(F)F. The van der Waals surface area contributed by atoms with Crippen LogP contribution >= 0.6 is 0 Å². The van der Waals surface area contributed by atoms with Gasteiger partial charge in [-0.2, -0.15) is 18.3 Å². The van der Waals surface area contributed by atoms with Gasteiger partial charge >= 0.3 is 6.18 Å². The van der Waals surface area contributed by atoms with Gasteiger partial charge in [-0.1, -0.05) is 6.08 Å². The number of likely N-dealkylation sites (tertiary alicyclic amines) is 1. The molecule has 36 heavy (non-hydrogen) atoms. The van der Waals surface area contributed by atoms with Crippen molar-refractivity contribution in [2.45, 2.75) is 50.6 Å². The molecule has 1 unspecified atom stereocenters. The molecular formula is C23H28F3N7O3. The van der Waals surface area contributed by atoms with Crippen molar-refractivity contribution in [1.29, 1.82) is 0 Å². The number of piperidine rings is 1. The van der Waals surface area contributed by atoms with Crippen molar-refractivity contribution in [3.63, 3.8) is 0 Å². The molecule has 194 valence electrons. The van der Waals surface area contributed by atoms with Gasteiger partial charge in [0.2, 0.25) is 5.95 Å². The lowest BCUT2D eigenvalue weighted by atomic mass is 10.0. The molecule has 0 radical (unpaired) electrons. The predicted octanol–water partition coefficient (Wildman–Crippen LogP) is 2.14. The van der Waals surface area contributed by atoms with Crippen molar-refractivity contribution >= 4 is 17.5 Å². The highest BCUT2D eigenvalue weighted by atomic mass is 19.4. The Morgan fingerprint density at radius 2 is 1.89 bits per heavy atom. The van der Waals surface area contributed by atoms with Crippen molar-refractivity contribution < 1.29 is 22.7 Å². The minimum Gasteiger partial charge on any atom is -0.375 e. The smallest absolute Gasteiger partial charge is 0.375 e. The number of ether oxygens (including phenoxy) is 1. The molecule has 0 bridgehead atoms. The van der Waals surface area contributed by atoms with Crippen LogP contribution in [0.3, 0.4) is 0 Å². The number of hydrogen-bond donors (Lipinski definition) is 2. The summed E-state index contributed by atoms with van der Waals surface area (Å²) in [5.74, 6) is 0.553. The van der Waals surface area contributed by atoms with Crippen LogP contribution in [-0.2, 0) is 15.7 Å². The Kier molecular flexibility index (Phi) is 7.57. The van der Waals surface area contributed by atoms with Crippen LogP contribution in [0.1, 0.15) is 30.4 Å². The van der Waals surface area contributed by atoms with Crippen molar-refractivity contribution in [3.05, 3.63) is 52.7 Å². The first kappa shape index (κ1) is 25.6. The molecule has 0 saturated carbocycles. The number of alkyl halides is 3. The number of aryl methyl sites for hydroxylation is 1. The normalized spacial score (nSPS) is 20.0. The second-order valence-electron chi connectivity index (χ2n) is 8.89. The van der Waals surface area contributed by atoms with Crippen LogP contribution in [0.25, 0.3) is 0 Å². The molecule has 2 fully saturated rings. The highest BCUT2D eigenvalue weighted by Gasteiger charge is 2.39. The zero-order valence-corrected chi connectivity index (χ0v) is 19.8. The molecule has 10 nitrogen and oxygen atoms in total. The van der Waals surface area contributed by atoms with Gasteiger partial charge < -0.3 is 19.9 Å². The molecule has 4 heterocycles. The molecule has 2 atom stereocenters. The summed E-state index contributed by atoms with van der Waals surface area (Å²) in [6.45, 7) is 7.48. The van der Waals surface area contributed by atoms with E-state index >= 15 is 0 Å². The van der Waals surface area contributed by atoms with Gasteiger partial charge in [0.05, 0.1) is 24.5 Å². The average Bonchev–Trinajstić information content (AvgIpc) is 3.21. The van der Waals surface area contributed by atoms with Gasteiger partial charge in [0.15, 0.2) is 0 Å². The molecule has 2 aliphatic heterocycles. The summed E-state index contributed by atoms with van der Waals surface area (Å²) in [6, 6.07) is -0.688.